The molecule has 2 aliphatic heterocycles. The average molecular weight is 455 g/mol. The van der Waals surface area contributed by atoms with Crippen molar-refractivity contribution in [1.82, 2.24) is 9.21 Å². The molecule has 1 unspecified atom stereocenters. The van der Waals surface area contributed by atoms with E-state index in [4.69, 9.17) is 4.74 Å². The van der Waals surface area contributed by atoms with E-state index in [-0.39, 0.29) is 17.9 Å². The van der Waals surface area contributed by atoms with Gasteiger partial charge in [-0.1, -0.05) is 12.1 Å². The zero-order valence-electron chi connectivity index (χ0n) is 16.2. The molecule has 1 atom stereocenters. The minimum absolute atomic E-state index is 0.109. The van der Waals surface area contributed by atoms with Gasteiger partial charge < -0.3 is 9.64 Å². The zero-order chi connectivity index (χ0) is 20.3. The Morgan fingerprint density at radius 1 is 1.14 bits per heavy atom. The fraction of sp³-hybridized carbons (Fsp3) is 0.550. The molecule has 29 heavy (non-hydrogen) atoms. The molecule has 2 aromatic heterocycles. The monoisotopic (exact) mass is 454 g/mol. The molecule has 9 heteroatoms. The Labute approximate surface area is 180 Å². The third-order valence-corrected chi connectivity index (χ3v) is 9.71. The first-order valence-electron chi connectivity index (χ1n) is 10.0. The summed E-state index contributed by atoms with van der Waals surface area (Å²) in [5.74, 6) is -0.00628. The number of rotatable bonds is 7. The third kappa shape index (κ3) is 4.91. The normalized spacial score (nSPS) is 21.4. The van der Waals surface area contributed by atoms with E-state index < -0.39 is 10.0 Å². The molecule has 0 aliphatic carbocycles. The molecule has 0 N–H and O–H groups in total. The van der Waals surface area contributed by atoms with E-state index in [9.17, 15) is 13.2 Å². The van der Waals surface area contributed by atoms with E-state index in [1.165, 1.54) is 15.6 Å². The summed E-state index contributed by atoms with van der Waals surface area (Å²) in [6, 6.07) is 7.45. The minimum Gasteiger partial charge on any atom is -0.376 e. The van der Waals surface area contributed by atoms with Crippen molar-refractivity contribution in [2.75, 3.05) is 26.2 Å². The molecule has 6 nitrogen and oxygen atoms in total. The van der Waals surface area contributed by atoms with Crippen LogP contribution in [0.25, 0.3) is 0 Å². The maximum absolute atomic E-state index is 13.3. The smallest absolute Gasteiger partial charge is 0.252 e. The van der Waals surface area contributed by atoms with Crippen LogP contribution in [0.2, 0.25) is 0 Å². The Kier molecular flexibility index (Phi) is 6.70. The standard InChI is InChI=1S/C20H26N2O4S3/c23-20(21(14-17-4-1-11-26-17)15-18-5-2-12-27-18)16-7-9-22(10-8-16)29(24,25)19-6-3-13-28-19/h2-3,5-6,12-13,16-17H,1,4,7-11,14-15H2. The first kappa shape index (κ1) is 21.0. The lowest BCUT2D eigenvalue weighted by Gasteiger charge is -2.34. The van der Waals surface area contributed by atoms with Gasteiger partial charge in [0.25, 0.3) is 10.0 Å². The number of ether oxygens (including phenoxy) is 1. The molecule has 1 amide bonds. The third-order valence-electron chi connectivity index (χ3n) is 5.58. The van der Waals surface area contributed by atoms with E-state index in [2.05, 4.69) is 6.07 Å². The fourth-order valence-corrected chi connectivity index (χ4v) is 7.33. The Morgan fingerprint density at radius 3 is 2.52 bits per heavy atom. The van der Waals surface area contributed by atoms with Crippen LogP contribution in [0.1, 0.15) is 30.6 Å². The van der Waals surface area contributed by atoms with Crippen molar-refractivity contribution in [3.8, 4) is 0 Å². The predicted octanol–water partition coefficient (Wildman–Crippen LogP) is 3.42. The quantitative estimate of drug-likeness (QED) is 0.643. The van der Waals surface area contributed by atoms with E-state index in [0.29, 0.717) is 43.2 Å². The highest BCUT2D eigenvalue weighted by molar-refractivity contribution is 7.91. The van der Waals surface area contributed by atoms with Crippen LogP contribution in [0, 0.1) is 5.92 Å². The van der Waals surface area contributed by atoms with Crippen LogP contribution in [0.15, 0.2) is 39.2 Å². The first-order valence-corrected chi connectivity index (χ1v) is 13.2. The summed E-state index contributed by atoms with van der Waals surface area (Å²) in [5, 5.41) is 3.80. The molecule has 0 spiro atoms. The number of thiophene rings is 2. The number of sulfonamides is 1. The molecule has 2 saturated heterocycles. The average Bonchev–Trinajstić information content (AvgIpc) is 3.50. The van der Waals surface area contributed by atoms with Gasteiger partial charge in [0.15, 0.2) is 0 Å². The highest BCUT2D eigenvalue weighted by atomic mass is 32.2. The molecular weight excluding hydrogens is 428 g/mol. The van der Waals surface area contributed by atoms with Crippen molar-refractivity contribution in [2.24, 2.45) is 5.92 Å². The predicted molar refractivity (Wildman–Crippen MR) is 115 cm³/mol. The molecule has 2 aliphatic rings. The Hall–Kier alpha value is -1.26. The molecule has 0 saturated carbocycles. The molecule has 4 heterocycles. The maximum Gasteiger partial charge on any atom is 0.252 e. The lowest BCUT2D eigenvalue weighted by atomic mass is 9.96. The van der Waals surface area contributed by atoms with Crippen LogP contribution in [-0.4, -0.2) is 55.9 Å². The van der Waals surface area contributed by atoms with Gasteiger partial charge in [-0.15, -0.1) is 22.7 Å². The maximum atomic E-state index is 13.3. The highest BCUT2D eigenvalue weighted by Gasteiger charge is 2.35. The molecular formula is C20H26N2O4S3. The summed E-state index contributed by atoms with van der Waals surface area (Å²) in [7, 11) is -3.44. The second-order valence-corrected chi connectivity index (χ2v) is 11.7. The molecule has 158 valence electrons. The van der Waals surface area contributed by atoms with Crippen LogP contribution >= 0.6 is 22.7 Å². The molecule has 4 rings (SSSR count). The molecule has 2 aromatic rings. The Balaban J connectivity index is 1.40. The van der Waals surface area contributed by atoms with Gasteiger partial charge in [0.1, 0.15) is 4.21 Å². The number of piperidine rings is 1. The topological polar surface area (TPSA) is 66.9 Å². The van der Waals surface area contributed by atoms with E-state index in [1.807, 2.05) is 16.3 Å². The second-order valence-electron chi connectivity index (χ2n) is 7.54. The van der Waals surface area contributed by atoms with Gasteiger partial charge in [-0.25, -0.2) is 8.42 Å². The second kappa shape index (κ2) is 9.26. The van der Waals surface area contributed by atoms with Gasteiger partial charge in [0.05, 0.1) is 12.6 Å². The van der Waals surface area contributed by atoms with Gasteiger partial charge in [-0.2, -0.15) is 4.31 Å². The number of carbonyl (C=O) groups is 1. The number of carbonyl (C=O) groups excluding carboxylic acids is 1. The summed E-state index contributed by atoms with van der Waals surface area (Å²) < 4.78 is 33.1. The van der Waals surface area contributed by atoms with Crippen molar-refractivity contribution < 1.29 is 17.9 Å². The number of amides is 1. The van der Waals surface area contributed by atoms with E-state index >= 15 is 0 Å². The van der Waals surface area contributed by atoms with Crippen molar-refractivity contribution >= 4 is 38.6 Å². The minimum atomic E-state index is -3.44. The molecule has 2 fully saturated rings. The van der Waals surface area contributed by atoms with E-state index in [0.717, 1.165) is 24.3 Å². The van der Waals surface area contributed by atoms with Gasteiger partial charge in [-0.05, 0) is 48.6 Å². The van der Waals surface area contributed by atoms with Crippen molar-refractivity contribution in [1.29, 1.82) is 0 Å². The summed E-state index contributed by atoms with van der Waals surface area (Å²) >= 11 is 2.89. The fourth-order valence-electron chi connectivity index (χ4n) is 4.00. The van der Waals surface area contributed by atoms with Crippen LogP contribution in [-0.2, 0) is 26.1 Å². The summed E-state index contributed by atoms with van der Waals surface area (Å²) in [6.45, 7) is 2.77. The summed E-state index contributed by atoms with van der Waals surface area (Å²) in [5.41, 5.74) is 0. The number of nitrogens with zero attached hydrogens (tertiary/aromatic N) is 2. The van der Waals surface area contributed by atoms with Crippen molar-refractivity contribution in [2.45, 2.75) is 42.5 Å². The van der Waals surface area contributed by atoms with Gasteiger partial charge in [0, 0.05) is 37.0 Å². The largest absolute Gasteiger partial charge is 0.376 e. The summed E-state index contributed by atoms with van der Waals surface area (Å²) in [6.07, 6.45) is 3.28. The Morgan fingerprint density at radius 2 is 1.90 bits per heavy atom. The lowest BCUT2D eigenvalue weighted by Crippen LogP contribution is -2.45. The van der Waals surface area contributed by atoms with E-state index in [1.54, 1.807) is 28.8 Å². The van der Waals surface area contributed by atoms with Crippen molar-refractivity contribution in [3.63, 3.8) is 0 Å². The SMILES string of the molecule is O=C(C1CCN(S(=O)(=O)c2cccs2)CC1)N(Cc1cccs1)CC1CCCO1. The molecule has 0 aromatic carbocycles. The van der Waals surface area contributed by atoms with Crippen LogP contribution in [0.5, 0.6) is 0 Å². The van der Waals surface area contributed by atoms with Crippen LogP contribution in [0.4, 0.5) is 0 Å². The zero-order valence-corrected chi connectivity index (χ0v) is 18.7. The molecule has 0 bridgehead atoms. The van der Waals surface area contributed by atoms with Gasteiger partial charge >= 0.3 is 0 Å². The first-order chi connectivity index (χ1) is 14.0. The van der Waals surface area contributed by atoms with Gasteiger partial charge in [0.2, 0.25) is 5.91 Å². The van der Waals surface area contributed by atoms with Crippen LogP contribution in [0.3, 0.4) is 0 Å². The van der Waals surface area contributed by atoms with Crippen LogP contribution < -0.4 is 0 Å². The lowest BCUT2D eigenvalue weighted by molar-refractivity contribution is -0.139. The Bertz CT molecular complexity index is 882. The van der Waals surface area contributed by atoms with Gasteiger partial charge in [-0.3, -0.25) is 4.79 Å². The summed E-state index contributed by atoms with van der Waals surface area (Å²) in [4.78, 5) is 16.4. The highest BCUT2D eigenvalue weighted by Crippen LogP contribution is 2.28. The molecule has 0 radical (unpaired) electrons. The number of hydrogen-bond acceptors (Lipinski definition) is 6. The van der Waals surface area contributed by atoms with Crippen molar-refractivity contribution in [3.05, 3.63) is 39.9 Å². The number of hydrogen-bond donors (Lipinski definition) is 0.